The monoisotopic (exact) mass is 502 g/mol. The summed E-state index contributed by atoms with van der Waals surface area (Å²) in [6.07, 6.45) is 7.84. The van der Waals surface area contributed by atoms with Crippen molar-refractivity contribution in [2.24, 2.45) is 17.8 Å². The molecule has 5 fully saturated rings. The fraction of sp³-hybridized carbons (Fsp3) is 0.640. The molecule has 4 aliphatic carbocycles. The first-order valence-electron chi connectivity index (χ1n) is 12.6. The number of rotatable bonds is 8. The zero-order valence-electron chi connectivity index (χ0n) is 19.5. The zero-order chi connectivity index (χ0) is 23.2. The lowest BCUT2D eigenvalue weighted by atomic mass is 9.49. The number of nitrogens with one attached hydrogen (secondary N) is 2. The van der Waals surface area contributed by atoms with Crippen LogP contribution in [0.2, 0.25) is 0 Å². The average Bonchev–Trinajstić information content (AvgIpc) is 3.28. The van der Waals surface area contributed by atoms with Gasteiger partial charge in [0.25, 0.3) is 10.0 Å². The van der Waals surface area contributed by atoms with Crippen LogP contribution in [0.4, 0.5) is 5.13 Å². The molecule has 1 aliphatic heterocycles. The van der Waals surface area contributed by atoms with E-state index in [4.69, 9.17) is 9.72 Å². The first-order valence-corrected chi connectivity index (χ1v) is 15.0. The number of hydrogen-bond donors (Lipinski definition) is 2. The molecule has 5 aliphatic rings. The lowest BCUT2D eigenvalue weighted by molar-refractivity contribution is -0.00688. The highest BCUT2D eigenvalue weighted by Gasteiger charge is 2.52. The van der Waals surface area contributed by atoms with E-state index in [0.717, 1.165) is 56.2 Å². The van der Waals surface area contributed by atoms with Crippen LogP contribution in [0.3, 0.4) is 0 Å². The Bertz CT molecular complexity index is 1070. The van der Waals surface area contributed by atoms with Gasteiger partial charge in [0.15, 0.2) is 5.13 Å². The molecule has 0 radical (unpaired) electrons. The molecule has 0 unspecified atom stereocenters. The summed E-state index contributed by atoms with van der Waals surface area (Å²) in [5, 5.41) is 5.91. The highest BCUT2D eigenvalue weighted by Crippen LogP contribution is 2.60. The third-order valence-electron chi connectivity index (χ3n) is 8.33. The predicted molar refractivity (Wildman–Crippen MR) is 134 cm³/mol. The first kappa shape index (κ1) is 22.8. The van der Waals surface area contributed by atoms with Crippen LogP contribution in [0, 0.1) is 17.8 Å². The molecule has 7 nitrogen and oxygen atoms in total. The topological polar surface area (TPSA) is 83.6 Å². The van der Waals surface area contributed by atoms with Gasteiger partial charge >= 0.3 is 0 Å². The molecule has 1 aromatic carbocycles. The van der Waals surface area contributed by atoms with E-state index in [1.165, 1.54) is 49.9 Å². The van der Waals surface area contributed by atoms with Gasteiger partial charge in [0.2, 0.25) is 0 Å². The van der Waals surface area contributed by atoms with Crippen LogP contribution < -0.4 is 14.8 Å². The van der Waals surface area contributed by atoms with Crippen LogP contribution in [-0.4, -0.2) is 57.6 Å². The molecule has 4 bridgehead atoms. The van der Waals surface area contributed by atoms with Crippen LogP contribution in [0.5, 0.6) is 5.75 Å². The third-order valence-corrected chi connectivity index (χ3v) is 10.6. The smallest absolute Gasteiger partial charge is 0.263 e. The van der Waals surface area contributed by atoms with Gasteiger partial charge in [-0.1, -0.05) is 0 Å². The number of anilines is 1. The Kier molecular flexibility index (Phi) is 6.08. The molecule has 7 rings (SSSR count). The summed E-state index contributed by atoms with van der Waals surface area (Å²) in [4.78, 5) is 7.40. The quantitative estimate of drug-likeness (QED) is 0.573. The van der Waals surface area contributed by atoms with Crippen LogP contribution in [0.15, 0.2) is 34.5 Å². The van der Waals surface area contributed by atoms with Gasteiger partial charge in [-0.2, -0.15) is 0 Å². The normalized spacial score (nSPS) is 31.0. The number of hydrogen-bond acceptors (Lipinski definition) is 7. The second-order valence-electron chi connectivity index (χ2n) is 10.8. The van der Waals surface area contributed by atoms with Crippen molar-refractivity contribution in [2.75, 3.05) is 44.1 Å². The minimum atomic E-state index is -3.68. The maximum absolute atomic E-state index is 13.0. The molecule has 9 heteroatoms. The van der Waals surface area contributed by atoms with Crippen molar-refractivity contribution in [1.29, 1.82) is 0 Å². The maximum Gasteiger partial charge on any atom is 0.263 e. The summed E-state index contributed by atoms with van der Waals surface area (Å²) in [5.74, 6) is 3.20. The van der Waals surface area contributed by atoms with E-state index in [1.54, 1.807) is 24.3 Å². The van der Waals surface area contributed by atoms with Gasteiger partial charge in [0.05, 0.1) is 10.6 Å². The van der Waals surface area contributed by atoms with E-state index in [1.807, 2.05) is 0 Å². The van der Waals surface area contributed by atoms with Gasteiger partial charge in [0, 0.05) is 43.5 Å². The van der Waals surface area contributed by atoms with E-state index in [0.29, 0.717) is 17.5 Å². The number of thiazole rings is 1. The van der Waals surface area contributed by atoms with E-state index < -0.39 is 10.0 Å². The summed E-state index contributed by atoms with van der Waals surface area (Å²) < 4.78 is 34.5. The van der Waals surface area contributed by atoms with Crippen LogP contribution in [-0.2, 0) is 15.4 Å². The molecule has 4 saturated carbocycles. The summed E-state index contributed by atoms with van der Waals surface area (Å²) in [6, 6.07) is 6.68. The van der Waals surface area contributed by atoms with E-state index >= 15 is 0 Å². The van der Waals surface area contributed by atoms with Gasteiger partial charge in [-0.05, 0) is 80.5 Å². The molecule has 1 aromatic heterocycles. The summed E-state index contributed by atoms with van der Waals surface area (Å²) >= 11 is 1.41. The van der Waals surface area contributed by atoms with E-state index in [9.17, 15) is 8.42 Å². The summed E-state index contributed by atoms with van der Waals surface area (Å²) in [5.41, 5.74) is 1.29. The summed E-state index contributed by atoms with van der Waals surface area (Å²) in [6.45, 7) is 5.57. The molecule has 2 N–H and O–H groups in total. The third kappa shape index (κ3) is 4.59. The molecule has 0 spiro atoms. The fourth-order valence-corrected chi connectivity index (χ4v) is 9.19. The Morgan fingerprint density at radius 1 is 1.06 bits per heavy atom. The Morgan fingerprint density at radius 3 is 2.35 bits per heavy atom. The minimum Gasteiger partial charge on any atom is -0.492 e. The van der Waals surface area contributed by atoms with Crippen molar-refractivity contribution in [3.8, 4) is 5.75 Å². The minimum absolute atomic E-state index is 0.179. The number of sulfonamides is 1. The van der Waals surface area contributed by atoms with Gasteiger partial charge in [0.1, 0.15) is 12.4 Å². The van der Waals surface area contributed by atoms with Gasteiger partial charge in [-0.25, -0.2) is 13.4 Å². The molecular formula is C25H34N4O3S2. The number of aromatic nitrogens is 1. The molecule has 34 heavy (non-hydrogen) atoms. The van der Waals surface area contributed by atoms with Gasteiger partial charge in [-0.3, -0.25) is 9.62 Å². The van der Waals surface area contributed by atoms with Gasteiger partial charge < -0.3 is 10.1 Å². The number of benzene rings is 1. The molecular weight excluding hydrogens is 468 g/mol. The molecule has 184 valence electrons. The summed E-state index contributed by atoms with van der Waals surface area (Å²) in [7, 11) is -3.68. The van der Waals surface area contributed by atoms with Crippen LogP contribution in [0.25, 0.3) is 0 Å². The van der Waals surface area contributed by atoms with Crippen molar-refractivity contribution in [3.63, 3.8) is 0 Å². The lowest BCUT2D eigenvalue weighted by Gasteiger charge is -2.56. The molecule has 1 saturated heterocycles. The average molecular weight is 503 g/mol. The highest BCUT2D eigenvalue weighted by molar-refractivity contribution is 7.93. The molecule has 0 atom stereocenters. The first-order chi connectivity index (χ1) is 16.5. The Balaban J connectivity index is 1.08. The van der Waals surface area contributed by atoms with E-state index in [2.05, 4.69) is 20.3 Å². The van der Waals surface area contributed by atoms with Gasteiger partial charge in [-0.15, -0.1) is 11.3 Å². The lowest BCUT2D eigenvalue weighted by Crippen LogP contribution is -2.48. The van der Waals surface area contributed by atoms with Crippen molar-refractivity contribution in [2.45, 2.75) is 48.8 Å². The SMILES string of the molecule is O=S(=O)(Nc1nc(C23CC4CC(CC(C4)C2)C3)cs1)c1ccc(OCCN2CCNCC2)cc1. The molecule has 0 amide bonds. The zero-order valence-corrected chi connectivity index (χ0v) is 21.2. The molecule has 2 heterocycles. The van der Waals surface area contributed by atoms with Crippen molar-refractivity contribution in [3.05, 3.63) is 35.3 Å². The van der Waals surface area contributed by atoms with Crippen LogP contribution in [0.1, 0.15) is 44.2 Å². The Morgan fingerprint density at radius 2 is 1.71 bits per heavy atom. The Hall–Kier alpha value is -1.68. The molecule has 2 aromatic rings. The number of ether oxygens (including phenoxy) is 1. The standard InChI is InChI=1S/C25H34N4O3S2/c30-34(31,22-3-1-21(2-4-22)32-10-9-29-7-5-26-6-8-29)28-24-27-23(17-33-24)25-14-18-11-19(15-25)13-20(12-18)16-25/h1-4,17-20,26H,5-16H2,(H,27,28). The van der Waals surface area contributed by atoms with Crippen molar-refractivity contribution in [1.82, 2.24) is 15.2 Å². The number of piperazine rings is 1. The second-order valence-corrected chi connectivity index (χ2v) is 13.3. The Labute approximate surface area is 206 Å². The van der Waals surface area contributed by atoms with Crippen molar-refractivity contribution < 1.29 is 13.2 Å². The second kappa shape index (κ2) is 9.08. The fourth-order valence-electron chi connectivity index (χ4n) is 7.10. The van der Waals surface area contributed by atoms with Crippen molar-refractivity contribution >= 4 is 26.5 Å². The predicted octanol–water partition coefficient (Wildman–Crippen LogP) is 3.70. The maximum atomic E-state index is 13.0. The highest BCUT2D eigenvalue weighted by atomic mass is 32.2. The largest absolute Gasteiger partial charge is 0.492 e. The number of nitrogens with zero attached hydrogens (tertiary/aromatic N) is 2. The van der Waals surface area contributed by atoms with Crippen LogP contribution >= 0.6 is 11.3 Å². The van der Waals surface area contributed by atoms with E-state index in [-0.39, 0.29) is 10.3 Å².